The van der Waals surface area contributed by atoms with E-state index in [0.717, 1.165) is 55.5 Å². The molecule has 0 saturated carbocycles. The lowest BCUT2D eigenvalue weighted by Gasteiger charge is -2.26. The van der Waals surface area contributed by atoms with E-state index in [4.69, 9.17) is 16.3 Å². The maximum absolute atomic E-state index is 12.9. The molecule has 0 amide bonds. The summed E-state index contributed by atoms with van der Waals surface area (Å²) >= 11 is 6.13. The van der Waals surface area contributed by atoms with Gasteiger partial charge >= 0.3 is 5.69 Å². The molecule has 0 aliphatic carbocycles. The minimum absolute atomic E-state index is 0. The molecule has 0 saturated heterocycles. The van der Waals surface area contributed by atoms with E-state index in [2.05, 4.69) is 22.1 Å². The van der Waals surface area contributed by atoms with Crippen LogP contribution < -0.4 is 10.4 Å². The molecule has 3 aromatic rings. The van der Waals surface area contributed by atoms with Gasteiger partial charge in [-0.2, -0.15) is 5.10 Å². The lowest BCUT2D eigenvalue weighted by Crippen LogP contribution is -2.32. The van der Waals surface area contributed by atoms with Gasteiger partial charge in [-0.05, 0) is 48.2 Å². The second kappa shape index (κ2) is 12.8. The van der Waals surface area contributed by atoms with Crippen molar-refractivity contribution in [2.24, 2.45) is 0 Å². The van der Waals surface area contributed by atoms with E-state index in [9.17, 15) is 4.79 Å². The summed E-state index contributed by atoms with van der Waals surface area (Å²) in [7, 11) is 0. The SMILES string of the molecule is CCc1nn(CCCN2CC=C(c3cccc(Cl)c3)CC2)c(=O)n1CCOc1ccccc1.Cl. The minimum Gasteiger partial charge on any atom is -0.492 e. The molecular weight excluding hydrogens is 471 g/mol. The second-order valence-corrected chi connectivity index (χ2v) is 8.67. The Morgan fingerprint density at radius 1 is 1.06 bits per heavy atom. The molecule has 8 heteroatoms. The van der Waals surface area contributed by atoms with E-state index in [1.54, 1.807) is 9.25 Å². The van der Waals surface area contributed by atoms with E-state index >= 15 is 0 Å². The lowest BCUT2D eigenvalue weighted by atomic mass is 9.99. The number of rotatable bonds is 10. The Morgan fingerprint density at radius 3 is 2.59 bits per heavy atom. The predicted molar refractivity (Wildman–Crippen MR) is 140 cm³/mol. The van der Waals surface area contributed by atoms with E-state index < -0.39 is 0 Å². The van der Waals surface area contributed by atoms with Gasteiger partial charge in [0, 0.05) is 37.6 Å². The van der Waals surface area contributed by atoms with Gasteiger partial charge in [-0.1, -0.05) is 54.9 Å². The van der Waals surface area contributed by atoms with Gasteiger partial charge in [0.25, 0.3) is 0 Å². The largest absolute Gasteiger partial charge is 0.492 e. The van der Waals surface area contributed by atoms with Crippen molar-refractivity contribution in [3.05, 3.63) is 87.6 Å². The molecule has 4 rings (SSSR count). The molecule has 2 aromatic carbocycles. The zero-order chi connectivity index (χ0) is 23.0. The Balaban J connectivity index is 0.00000324. The molecule has 0 N–H and O–H groups in total. The van der Waals surface area contributed by atoms with Gasteiger partial charge in [0.1, 0.15) is 18.2 Å². The molecule has 34 heavy (non-hydrogen) atoms. The fraction of sp³-hybridized carbons (Fsp3) is 0.385. The third-order valence-electron chi connectivity index (χ3n) is 5.98. The number of halogens is 2. The third-order valence-corrected chi connectivity index (χ3v) is 6.21. The van der Waals surface area contributed by atoms with E-state index in [-0.39, 0.29) is 18.1 Å². The number of nitrogens with zero attached hydrogens (tertiary/aromatic N) is 4. The summed E-state index contributed by atoms with van der Waals surface area (Å²) in [6, 6.07) is 17.7. The first-order valence-corrected chi connectivity index (χ1v) is 12.0. The van der Waals surface area contributed by atoms with Crippen LogP contribution in [0.4, 0.5) is 0 Å². The molecule has 6 nitrogen and oxygen atoms in total. The molecule has 0 radical (unpaired) electrons. The van der Waals surface area contributed by atoms with Gasteiger partial charge in [0.15, 0.2) is 0 Å². The highest BCUT2D eigenvalue weighted by atomic mass is 35.5. The van der Waals surface area contributed by atoms with Gasteiger partial charge < -0.3 is 4.74 Å². The summed E-state index contributed by atoms with van der Waals surface area (Å²) in [4.78, 5) is 15.3. The summed E-state index contributed by atoms with van der Waals surface area (Å²) in [6.07, 6.45) is 4.91. The number of hydrogen-bond acceptors (Lipinski definition) is 4. The molecule has 0 fully saturated rings. The van der Waals surface area contributed by atoms with Crippen LogP contribution in [0.2, 0.25) is 5.02 Å². The molecule has 1 aromatic heterocycles. The standard InChI is InChI=1S/C26H31ClN4O2.ClH/c1-2-25-28-31(26(32)30(25)18-19-33-24-10-4-3-5-11-24)15-7-14-29-16-12-21(13-17-29)22-8-6-9-23(27)20-22;/h3-6,8-12,20H,2,7,13-19H2,1H3;1H. The normalized spacial score (nSPS) is 13.9. The Morgan fingerprint density at radius 2 is 1.88 bits per heavy atom. The summed E-state index contributed by atoms with van der Waals surface area (Å²) in [5.74, 6) is 1.62. The molecule has 2 heterocycles. The Labute approximate surface area is 212 Å². The van der Waals surface area contributed by atoms with Crippen LogP contribution in [0, 0.1) is 0 Å². The van der Waals surface area contributed by atoms with Gasteiger partial charge in [0.05, 0.1) is 6.54 Å². The van der Waals surface area contributed by atoms with Crippen molar-refractivity contribution in [1.29, 1.82) is 0 Å². The van der Waals surface area contributed by atoms with Gasteiger partial charge in [-0.25, -0.2) is 9.48 Å². The molecular formula is C26H32Cl2N4O2. The summed E-state index contributed by atoms with van der Waals surface area (Å²) < 4.78 is 9.11. The van der Waals surface area contributed by atoms with Crippen molar-refractivity contribution in [3.63, 3.8) is 0 Å². The molecule has 182 valence electrons. The van der Waals surface area contributed by atoms with Crippen molar-refractivity contribution in [3.8, 4) is 5.75 Å². The first-order valence-electron chi connectivity index (χ1n) is 11.7. The van der Waals surface area contributed by atoms with Crippen LogP contribution in [-0.4, -0.2) is 45.5 Å². The quantitative estimate of drug-likeness (QED) is 0.393. The molecule has 0 atom stereocenters. The minimum atomic E-state index is -0.0507. The number of aromatic nitrogens is 3. The molecule has 1 aliphatic rings. The molecule has 0 bridgehead atoms. The number of para-hydroxylation sites is 1. The molecule has 0 spiro atoms. The summed E-state index contributed by atoms with van der Waals surface area (Å²) in [5, 5.41) is 5.34. The second-order valence-electron chi connectivity index (χ2n) is 8.23. The first kappa shape index (κ1) is 26.1. The first-order chi connectivity index (χ1) is 16.1. The van der Waals surface area contributed by atoms with Crippen molar-refractivity contribution < 1.29 is 4.74 Å². The number of benzene rings is 2. The van der Waals surface area contributed by atoms with E-state index in [1.807, 2.05) is 55.5 Å². The number of aryl methyl sites for hydroxylation is 2. The van der Waals surface area contributed by atoms with Crippen LogP contribution in [0.5, 0.6) is 5.75 Å². The Bertz CT molecular complexity index is 1140. The average Bonchev–Trinajstić information content (AvgIpc) is 3.15. The van der Waals surface area contributed by atoms with Crippen molar-refractivity contribution in [1.82, 2.24) is 19.2 Å². The zero-order valence-electron chi connectivity index (χ0n) is 19.5. The summed E-state index contributed by atoms with van der Waals surface area (Å²) in [6.45, 7) is 6.47. The van der Waals surface area contributed by atoms with Crippen molar-refractivity contribution in [2.45, 2.75) is 39.3 Å². The van der Waals surface area contributed by atoms with E-state index in [0.29, 0.717) is 19.7 Å². The van der Waals surface area contributed by atoms with Crippen LogP contribution in [0.3, 0.4) is 0 Å². The van der Waals surface area contributed by atoms with Crippen molar-refractivity contribution in [2.75, 3.05) is 26.2 Å². The highest BCUT2D eigenvalue weighted by Crippen LogP contribution is 2.24. The number of hydrogen-bond donors (Lipinski definition) is 0. The van der Waals surface area contributed by atoms with Crippen LogP contribution in [0.15, 0.2) is 65.5 Å². The molecule has 1 aliphatic heterocycles. The monoisotopic (exact) mass is 502 g/mol. The predicted octanol–water partition coefficient (Wildman–Crippen LogP) is 4.94. The fourth-order valence-electron chi connectivity index (χ4n) is 4.20. The summed E-state index contributed by atoms with van der Waals surface area (Å²) in [5.41, 5.74) is 2.52. The lowest BCUT2D eigenvalue weighted by molar-refractivity contribution is 0.286. The van der Waals surface area contributed by atoms with Gasteiger partial charge in [-0.3, -0.25) is 9.47 Å². The Hall–Kier alpha value is -2.54. The maximum Gasteiger partial charge on any atom is 0.346 e. The fourth-order valence-corrected chi connectivity index (χ4v) is 4.39. The zero-order valence-corrected chi connectivity index (χ0v) is 21.1. The van der Waals surface area contributed by atoms with Crippen LogP contribution in [0.1, 0.15) is 31.2 Å². The van der Waals surface area contributed by atoms with E-state index in [1.165, 1.54) is 11.1 Å². The van der Waals surface area contributed by atoms with Crippen molar-refractivity contribution >= 4 is 29.6 Å². The topological polar surface area (TPSA) is 52.3 Å². The average molecular weight is 503 g/mol. The molecule has 0 unspecified atom stereocenters. The van der Waals surface area contributed by atoms with Gasteiger partial charge in [0.2, 0.25) is 0 Å². The smallest absolute Gasteiger partial charge is 0.346 e. The highest BCUT2D eigenvalue weighted by molar-refractivity contribution is 6.30. The number of ether oxygens (including phenoxy) is 1. The van der Waals surface area contributed by atoms with Gasteiger partial charge in [-0.15, -0.1) is 12.4 Å². The Kier molecular flexibility index (Phi) is 9.81. The van der Waals surface area contributed by atoms with Crippen LogP contribution in [-0.2, 0) is 19.5 Å². The maximum atomic E-state index is 12.9. The van der Waals surface area contributed by atoms with Crippen LogP contribution in [0.25, 0.3) is 5.57 Å². The highest BCUT2D eigenvalue weighted by Gasteiger charge is 2.15. The van der Waals surface area contributed by atoms with Crippen LogP contribution >= 0.6 is 24.0 Å². The third kappa shape index (κ3) is 6.75.